The van der Waals surface area contributed by atoms with E-state index in [-0.39, 0.29) is 18.0 Å². The van der Waals surface area contributed by atoms with Crippen molar-refractivity contribution in [3.8, 4) is 0 Å². The number of carbonyl (C=O) groups is 1. The molecule has 135 valence electrons. The van der Waals surface area contributed by atoms with E-state index in [4.69, 9.17) is 0 Å². The van der Waals surface area contributed by atoms with E-state index in [1.807, 2.05) is 0 Å². The van der Waals surface area contributed by atoms with Gasteiger partial charge in [-0.1, -0.05) is 39.2 Å². The summed E-state index contributed by atoms with van der Waals surface area (Å²) in [5, 5.41) is 2.78. The molecule has 24 heavy (non-hydrogen) atoms. The lowest BCUT2D eigenvalue weighted by Gasteiger charge is -2.37. The van der Waals surface area contributed by atoms with Crippen LogP contribution in [-0.4, -0.2) is 12.1 Å². The van der Waals surface area contributed by atoms with E-state index in [1.165, 1.54) is 0 Å². The molecule has 0 aromatic heterocycles. The molecule has 1 saturated carbocycles. The summed E-state index contributed by atoms with van der Waals surface area (Å²) >= 11 is 0. The second-order valence-electron chi connectivity index (χ2n) is 7.42. The molecule has 0 bridgehead atoms. The lowest BCUT2D eigenvalue weighted by Crippen LogP contribution is -2.42. The quantitative estimate of drug-likeness (QED) is 0.705. The summed E-state index contributed by atoms with van der Waals surface area (Å²) in [5.74, 6) is 0.408. The fourth-order valence-corrected chi connectivity index (χ4v) is 3.53. The minimum absolute atomic E-state index is 0.103. The van der Waals surface area contributed by atoms with Gasteiger partial charge in [-0.2, -0.15) is 13.2 Å². The second kappa shape index (κ2) is 7.75. The van der Waals surface area contributed by atoms with Gasteiger partial charge < -0.3 is 5.32 Å². The van der Waals surface area contributed by atoms with Gasteiger partial charge in [0.2, 0.25) is 5.91 Å². The molecule has 1 amide bonds. The number of amides is 1. The van der Waals surface area contributed by atoms with Crippen LogP contribution in [0.5, 0.6) is 0 Å². The van der Waals surface area contributed by atoms with Crippen molar-refractivity contribution in [2.45, 2.75) is 71.4 Å². The average molecular weight is 342 g/mol. The Balaban J connectivity index is 2.10. The van der Waals surface area contributed by atoms with Crippen LogP contribution in [0.25, 0.3) is 0 Å². The highest BCUT2D eigenvalue weighted by molar-refractivity contribution is 5.84. The van der Waals surface area contributed by atoms with Crippen molar-refractivity contribution in [1.29, 1.82) is 0 Å². The van der Waals surface area contributed by atoms with E-state index >= 15 is 0 Å². The number of allylic oxidation sites excluding steroid dienone is 4. The Kier molecular flexibility index (Phi) is 6.16. The highest BCUT2D eigenvalue weighted by Crippen LogP contribution is 2.42. The molecule has 1 radical (unpaired) electrons. The third-order valence-corrected chi connectivity index (χ3v) is 5.06. The van der Waals surface area contributed by atoms with Crippen LogP contribution < -0.4 is 5.32 Å². The maximum atomic E-state index is 12.9. The maximum Gasteiger partial charge on any atom is 0.416 e. The zero-order valence-corrected chi connectivity index (χ0v) is 14.5. The average Bonchev–Trinajstić information content (AvgIpc) is 2.53. The molecule has 0 unspecified atom stereocenters. The van der Waals surface area contributed by atoms with Crippen molar-refractivity contribution in [3.63, 3.8) is 0 Å². The molecule has 1 fully saturated rings. The van der Waals surface area contributed by atoms with Crippen LogP contribution in [0.2, 0.25) is 0 Å². The van der Waals surface area contributed by atoms with Crippen LogP contribution in [0.1, 0.15) is 65.2 Å². The topological polar surface area (TPSA) is 29.1 Å². The first kappa shape index (κ1) is 19.1. The van der Waals surface area contributed by atoms with E-state index in [0.717, 1.165) is 57.1 Å². The van der Waals surface area contributed by atoms with Crippen molar-refractivity contribution in [3.05, 3.63) is 29.8 Å². The second-order valence-corrected chi connectivity index (χ2v) is 7.42. The van der Waals surface area contributed by atoms with Crippen molar-refractivity contribution in [2.75, 3.05) is 0 Å². The van der Waals surface area contributed by atoms with Gasteiger partial charge in [0, 0.05) is 17.5 Å². The molecule has 1 N–H and O–H groups in total. The summed E-state index contributed by atoms with van der Waals surface area (Å²) in [4.78, 5) is 12.9. The van der Waals surface area contributed by atoms with Gasteiger partial charge in [0.15, 0.2) is 0 Å². The lowest BCUT2D eigenvalue weighted by molar-refractivity contribution is -0.133. The van der Waals surface area contributed by atoms with Gasteiger partial charge >= 0.3 is 6.18 Å². The van der Waals surface area contributed by atoms with Gasteiger partial charge in [-0.25, -0.2) is 0 Å². The Morgan fingerprint density at radius 2 is 1.92 bits per heavy atom. The van der Waals surface area contributed by atoms with Crippen molar-refractivity contribution < 1.29 is 18.0 Å². The maximum absolute atomic E-state index is 12.9. The lowest BCUT2D eigenvalue weighted by atomic mass is 9.69. The Morgan fingerprint density at radius 1 is 1.25 bits per heavy atom. The van der Waals surface area contributed by atoms with Crippen LogP contribution in [0.15, 0.2) is 23.4 Å². The molecule has 0 aromatic rings. The smallest absolute Gasteiger partial charge is 0.329 e. The monoisotopic (exact) mass is 342 g/mol. The number of carbonyl (C=O) groups excluding carboxylic acids is 1. The van der Waals surface area contributed by atoms with Gasteiger partial charge in [0.05, 0.1) is 5.57 Å². The summed E-state index contributed by atoms with van der Waals surface area (Å²) in [7, 11) is 0. The van der Waals surface area contributed by atoms with E-state index < -0.39 is 17.2 Å². The molecular weight excluding hydrogens is 315 g/mol. The van der Waals surface area contributed by atoms with Crippen LogP contribution in [0, 0.1) is 17.8 Å². The number of hydrogen-bond donors (Lipinski definition) is 1. The first-order valence-electron chi connectivity index (χ1n) is 8.87. The third-order valence-electron chi connectivity index (χ3n) is 5.06. The molecule has 0 spiro atoms. The van der Waals surface area contributed by atoms with Crippen LogP contribution in [0.3, 0.4) is 0 Å². The standard InChI is InChI=1S/C19H27F3NO/c1-14(2)9-12-18(10-4-3-5-11-18)17(24)23-16-8-6-7-15(13-16)19(20,21)22/h7-8,13-14H,3-6,9-12H2,1-2H3,(H,23,24). The molecular formula is C19H27F3NO. The van der Waals surface area contributed by atoms with Crippen LogP contribution in [-0.2, 0) is 4.79 Å². The van der Waals surface area contributed by atoms with Gasteiger partial charge in [-0.3, -0.25) is 4.79 Å². The fourth-order valence-electron chi connectivity index (χ4n) is 3.53. The van der Waals surface area contributed by atoms with E-state index in [1.54, 1.807) is 6.42 Å². The Bertz CT molecular complexity index is 511. The molecule has 5 heteroatoms. The number of alkyl halides is 3. The van der Waals surface area contributed by atoms with Crippen LogP contribution >= 0.6 is 0 Å². The number of hydrogen-bond acceptors (Lipinski definition) is 1. The SMILES string of the molecule is CC(C)CCC1(C(=O)NC2=CC(C(F)(F)F)=CC[CH]2)CCCCC1. The van der Waals surface area contributed by atoms with E-state index in [0.29, 0.717) is 5.92 Å². The number of nitrogens with one attached hydrogen (secondary N) is 1. The van der Waals surface area contributed by atoms with Gasteiger partial charge in [0.1, 0.15) is 0 Å². The van der Waals surface area contributed by atoms with Crippen molar-refractivity contribution in [2.24, 2.45) is 11.3 Å². The zero-order chi connectivity index (χ0) is 17.8. The molecule has 0 aromatic carbocycles. The molecule has 0 atom stereocenters. The Hall–Kier alpha value is -1.26. The van der Waals surface area contributed by atoms with Crippen molar-refractivity contribution >= 4 is 5.91 Å². The first-order valence-corrected chi connectivity index (χ1v) is 8.87. The predicted octanol–water partition coefficient (Wildman–Crippen LogP) is 5.47. The van der Waals surface area contributed by atoms with Gasteiger partial charge in [-0.15, -0.1) is 0 Å². The minimum Gasteiger partial charge on any atom is -0.329 e. The van der Waals surface area contributed by atoms with Gasteiger partial charge in [0.25, 0.3) is 0 Å². The Labute approximate surface area is 142 Å². The summed E-state index contributed by atoms with van der Waals surface area (Å²) in [6.07, 6.45) is 6.26. The van der Waals surface area contributed by atoms with Crippen molar-refractivity contribution in [1.82, 2.24) is 5.32 Å². The van der Waals surface area contributed by atoms with Crippen LogP contribution in [0.4, 0.5) is 13.2 Å². The summed E-state index contributed by atoms with van der Waals surface area (Å²) in [6.45, 7) is 4.26. The normalized spacial score (nSPS) is 21.2. The highest BCUT2D eigenvalue weighted by atomic mass is 19.4. The minimum atomic E-state index is -4.37. The number of halogens is 3. The molecule has 2 aliphatic rings. The third kappa shape index (κ3) is 4.87. The fraction of sp³-hybridized carbons (Fsp3) is 0.684. The summed E-state index contributed by atoms with van der Waals surface area (Å²) in [6, 6.07) is 0. The molecule has 0 aliphatic heterocycles. The van der Waals surface area contributed by atoms with E-state index in [9.17, 15) is 18.0 Å². The first-order chi connectivity index (χ1) is 11.2. The Morgan fingerprint density at radius 3 is 2.50 bits per heavy atom. The molecule has 0 heterocycles. The molecule has 0 saturated heterocycles. The molecule has 2 rings (SSSR count). The number of rotatable bonds is 5. The highest BCUT2D eigenvalue weighted by Gasteiger charge is 2.40. The van der Waals surface area contributed by atoms with Gasteiger partial charge in [-0.05, 0) is 44.1 Å². The predicted molar refractivity (Wildman–Crippen MR) is 88.9 cm³/mol. The summed E-state index contributed by atoms with van der Waals surface area (Å²) in [5.41, 5.74) is -0.818. The van der Waals surface area contributed by atoms with E-state index in [2.05, 4.69) is 19.2 Å². The summed E-state index contributed by atoms with van der Waals surface area (Å²) < 4.78 is 38.6. The molecule has 2 aliphatic carbocycles. The largest absolute Gasteiger partial charge is 0.416 e. The molecule has 2 nitrogen and oxygen atoms in total. The zero-order valence-electron chi connectivity index (χ0n) is 14.5.